The largest absolute Gasteiger partial charge is 0.497 e. The van der Waals surface area contributed by atoms with E-state index in [2.05, 4.69) is 0 Å². The molecule has 1 aromatic rings. The van der Waals surface area contributed by atoms with Crippen LogP contribution in [0.4, 0.5) is 0 Å². The molecule has 17 heavy (non-hydrogen) atoms. The fraction of sp³-hybridized carbons (Fsp3) is 0.462. The van der Waals surface area contributed by atoms with Crippen LogP contribution in [0.1, 0.15) is 18.9 Å². The molecular formula is C13H18O4. The van der Waals surface area contributed by atoms with E-state index in [9.17, 15) is 4.79 Å². The number of hydrogen-bond donors (Lipinski definition) is 1. The summed E-state index contributed by atoms with van der Waals surface area (Å²) in [7, 11) is 3.16. The third kappa shape index (κ3) is 3.37. The molecule has 0 saturated heterocycles. The second-order valence-electron chi connectivity index (χ2n) is 3.83. The standard InChI is InChI=1S/C13H18O4/c1-4-9(13(14)15)7-10-8-11(16-2)5-6-12(10)17-3/h5-6,8-9H,4,7H2,1-3H3,(H,14,15)/t9-/m1/s1. The first-order valence-corrected chi connectivity index (χ1v) is 5.56. The summed E-state index contributed by atoms with van der Waals surface area (Å²) in [5.74, 6) is 0.236. The molecule has 0 unspecified atom stereocenters. The van der Waals surface area contributed by atoms with Crippen molar-refractivity contribution in [3.05, 3.63) is 23.8 Å². The molecule has 0 fully saturated rings. The molecule has 1 N–H and O–H groups in total. The van der Waals surface area contributed by atoms with E-state index in [0.717, 1.165) is 5.56 Å². The fourth-order valence-electron chi connectivity index (χ4n) is 1.71. The summed E-state index contributed by atoms with van der Waals surface area (Å²) in [5, 5.41) is 9.05. The number of benzene rings is 1. The Labute approximate surface area is 101 Å². The molecule has 0 spiro atoms. The van der Waals surface area contributed by atoms with Crippen LogP contribution >= 0.6 is 0 Å². The van der Waals surface area contributed by atoms with Gasteiger partial charge in [0.25, 0.3) is 0 Å². The maximum atomic E-state index is 11.0. The Morgan fingerprint density at radius 1 is 1.35 bits per heavy atom. The monoisotopic (exact) mass is 238 g/mol. The average molecular weight is 238 g/mol. The lowest BCUT2D eigenvalue weighted by atomic mass is 9.96. The van der Waals surface area contributed by atoms with Crippen molar-refractivity contribution in [2.45, 2.75) is 19.8 Å². The van der Waals surface area contributed by atoms with Crippen LogP contribution in [0.3, 0.4) is 0 Å². The minimum absolute atomic E-state index is 0.393. The third-order valence-electron chi connectivity index (χ3n) is 2.80. The van der Waals surface area contributed by atoms with Gasteiger partial charge in [0, 0.05) is 0 Å². The van der Waals surface area contributed by atoms with Crippen LogP contribution < -0.4 is 9.47 Å². The SMILES string of the molecule is CC[C@H](Cc1cc(OC)ccc1OC)C(=O)O. The first kappa shape index (κ1) is 13.4. The lowest BCUT2D eigenvalue weighted by Crippen LogP contribution is -2.15. The molecule has 0 aliphatic heterocycles. The van der Waals surface area contributed by atoms with E-state index in [1.165, 1.54) is 0 Å². The second kappa shape index (κ2) is 6.13. The summed E-state index contributed by atoms with van der Waals surface area (Å²) in [4.78, 5) is 11.0. The number of carbonyl (C=O) groups is 1. The summed E-state index contributed by atoms with van der Waals surface area (Å²) in [6, 6.07) is 5.41. The summed E-state index contributed by atoms with van der Waals surface area (Å²) < 4.78 is 10.3. The van der Waals surface area contributed by atoms with E-state index < -0.39 is 11.9 Å². The Morgan fingerprint density at radius 2 is 2.06 bits per heavy atom. The first-order chi connectivity index (χ1) is 8.12. The van der Waals surface area contributed by atoms with Gasteiger partial charge in [-0.25, -0.2) is 0 Å². The van der Waals surface area contributed by atoms with Gasteiger partial charge in [0.1, 0.15) is 11.5 Å². The van der Waals surface area contributed by atoms with Crippen molar-refractivity contribution in [1.29, 1.82) is 0 Å². The highest BCUT2D eigenvalue weighted by Crippen LogP contribution is 2.27. The predicted molar refractivity (Wildman–Crippen MR) is 64.7 cm³/mol. The zero-order valence-corrected chi connectivity index (χ0v) is 10.4. The molecule has 0 aliphatic carbocycles. The normalized spacial score (nSPS) is 11.9. The topological polar surface area (TPSA) is 55.8 Å². The van der Waals surface area contributed by atoms with Gasteiger partial charge in [0.2, 0.25) is 0 Å². The number of carboxylic acids is 1. The van der Waals surface area contributed by atoms with Crippen molar-refractivity contribution in [2.75, 3.05) is 14.2 Å². The molecule has 1 aromatic carbocycles. The van der Waals surface area contributed by atoms with Gasteiger partial charge < -0.3 is 14.6 Å². The van der Waals surface area contributed by atoms with Gasteiger partial charge in [-0.05, 0) is 36.6 Å². The van der Waals surface area contributed by atoms with Crippen molar-refractivity contribution in [3.8, 4) is 11.5 Å². The smallest absolute Gasteiger partial charge is 0.306 e. The van der Waals surface area contributed by atoms with E-state index >= 15 is 0 Å². The lowest BCUT2D eigenvalue weighted by molar-refractivity contribution is -0.141. The van der Waals surface area contributed by atoms with Crippen molar-refractivity contribution < 1.29 is 19.4 Å². The van der Waals surface area contributed by atoms with Gasteiger partial charge in [-0.2, -0.15) is 0 Å². The van der Waals surface area contributed by atoms with E-state index in [-0.39, 0.29) is 0 Å². The summed E-state index contributed by atoms with van der Waals surface area (Å²) in [6.45, 7) is 1.87. The van der Waals surface area contributed by atoms with Crippen LogP contribution in [0.5, 0.6) is 11.5 Å². The van der Waals surface area contributed by atoms with E-state index in [4.69, 9.17) is 14.6 Å². The summed E-state index contributed by atoms with van der Waals surface area (Å²) >= 11 is 0. The van der Waals surface area contributed by atoms with Gasteiger partial charge in [0.05, 0.1) is 20.1 Å². The maximum Gasteiger partial charge on any atom is 0.306 e. The zero-order valence-electron chi connectivity index (χ0n) is 10.4. The second-order valence-corrected chi connectivity index (χ2v) is 3.83. The minimum Gasteiger partial charge on any atom is -0.497 e. The highest BCUT2D eigenvalue weighted by atomic mass is 16.5. The highest BCUT2D eigenvalue weighted by Gasteiger charge is 2.18. The molecule has 0 aromatic heterocycles. The van der Waals surface area contributed by atoms with Gasteiger partial charge in [0.15, 0.2) is 0 Å². The zero-order chi connectivity index (χ0) is 12.8. The van der Waals surface area contributed by atoms with Crippen molar-refractivity contribution in [2.24, 2.45) is 5.92 Å². The number of aliphatic carboxylic acids is 1. The molecule has 1 atom stereocenters. The summed E-state index contributed by atoms with van der Waals surface area (Å²) in [6.07, 6.45) is 1.04. The number of rotatable bonds is 6. The van der Waals surface area contributed by atoms with Crippen LogP contribution in [0, 0.1) is 5.92 Å². The molecule has 4 nitrogen and oxygen atoms in total. The molecule has 0 bridgehead atoms. The van der Waals surface area contributed by atoms with Crippen LogP contribution in [-0.2, 0) is 11.2 Å². The van der Waals surface area contributed by atoms with E-state index in [1.807, 2.05) is 13.0 Å². The Hall–Kier alpha value is -1.71. The van der Waals surface area contributed by atoms with Gasteiger partial charge in [-0.15, -0.1) is 0 Å². The number of carboxylic acid groups (broad SMARTS) is 1. The Bertz CT molecular complexity index is 387. The van der Waals surface area contributed by atoms with Crippen molar-refractivity contribution >= 4 is 5.97 Å². The quantitative estimate of drug-likeness (QED) is 0.826. The van der Waals surface area contributed by atoms with E-state index in [1.54, 1.807) is 26.4 Å². The summed E-state index contributed by atoms with van der Waals surface area (Å²) in [5.41, 5.74) is 0.862. The van der Waals surface area contributed by atoms with Gasteiger partial charge in [-0.3, -0.25) is 4.79 Å². The molecule has 0 heterocycles. The molecule has 0 saturated carbocycles. The van der Waals surface area contributed by atoms with Crippen LogP contribution in [-0.4, -0.2) is 25.3 Å². The molecule has 94 valence electrons. The maximum absolute atomic E-state index is 11.0. The van der Waals surface area contributed by atoms with E-state index in [0.29, 0.717) is 24.3 Å². The Kier molecular flexibility index (Phi) is 4.82. The van der Waals surface area contributed by atoms with Gasteiger partial charge in [-0.1, -0.05) is 6.92 Å². The Morgan fingerprint density at radius 3 is 2.53 bits per heavy atom. The van der Waals surface area contributed by atoms with Gasteiger partial charge >= 0.3 is 5.97 Å². The molecule has 0 radical (unpaired) electrons. The molecule has 0 aliphatic rings. The molecule has 0 amide bonds. The predicted octanol–water partition coefficient (Wildman–Crippen LogP) is 2.36. The highest BCUT2D eigenvalue weighted by molar-refractivity contribution is 5.70. The first-order valence-electron chi connectivity index (χ1n) is 5.56. The molecule has 1 rings (SSSR count). The average Bonchev–Trinajstić information content (AvgIpc) is 2.35. The van der Waals surface area contributed by atoms with Crippen LogP contribution in [0.25, 0.3) is 0 Å². The van der Waals surface area contributed by atoms with Crippen LogP contribution in [0.2, 0.25) is 0 Å². The molecular weight excluding hydrogens is 220 g/mol. The number of hydrogen-bond acceptors (Lipinski definition) is 3. The van der Waals surface area contributed by atoms with Crippen LogP contribution in [0.15, 0.2) is 18.2 Å². The minimum atomic E-state index is -0.780. The fourth-order valence-corrected chi connectivity index (χ4v) is 1.71. The number of ether oxygens (including phenoxy) is 2. The number of methoxy groups -OCH3 is 2. The molecule has 4 heteroatoms. The third-order valence-corrected chi connectivity index (χ3v) is 2.80. The Balaban J connectivity index is 2.97. The lowest BCUT2D eigenvalue weighted by Gasteiger charge is -2.14. The van der Waals surface area contributed by atoms with Crippen molar-refractivity contribution in [3.63, 3.8) is 0 Å². The van der Waals surface area contributed by atoms with Crippen molar-refractivity contribution in [1.82, 2.24) is 0 Å².